The van der Waals surface area contributed by atoms with Gasteiger partial charge in [-0.3, -0.25) is 4.79 Å². The van der Waals surface area contributed by atoms with Crippen molar-refractivity contribution in [2.45, 2.75) is 12.5 Å². The van der Waals surface area contributed by atoms with Crippen molar-refractivity contribution in [1.82, 2.24) is 15.0 Å². The Morgan fingerprint density at radius 1 is 1.42 bits per heavy atom. The van der Waals surface area contributed by atoms with Gasteiger partial charge in [-0.1, -0.05) is 6.07 Å². The summed E-state index contributed by atoms with van der Waals surface area (Å²) in [5.41, 5.74) is 2.06. The van der Waals surface area contributed by atoms with Gasteiger partial charge in [-0.2, -0.15) is 5.10 Å². The Morgan fingerprint density at radius 3 is 3.16 bits per heavy atom. The highest BCUT2D eigenvalue weighted by molar-refractivity contribution is 6.13. The summed E-state index contributed by atoms with van der Waals surface area (Å²) >= 11 is 0. The molecular weight excluding hydrogens is 239 g/mol. The maximum absolute atomic E-state index is 12.5. The smallest absolute Gasteiger partial charge is 0.249 e. The van der Waals surface area contributed by atoms with Crippen LogP contribution in [0.1, 0.15) is 6.42 Å². The van der Waals surface area contributed by atoms with Crippen LogP contribution in [0.5, 0.6) is 0 Å². The first-order valence-corrected chi connectivity index (χ1v) is 6.71. The number of aromatic nitrogens is 2. The van der Waals surface area contributed by atoms with E-state index in [1.165, 1.54) is 0 Å². The van der Waals surface area contributed by atoms with Crippen LogP contribution < -0.4 is 10.2 Å². The van der Waals surface area contributed by atoms with Crippen molar-refractivity contribution in [3.05, 3.63) is 24.4 Å². The van der Waals surface area contributed by atoms with Crippen LogP contribution in [0.4, 0.5) is 5.69 Å². The molecule has 19 heavy (non-hydrogen) atoms. The van der Waals surface area contributed by atoms with Crippen molar-refractivity contribution in [1.29, 1.82) is 0 Å². The van der Waals surface area contributed by atoms with E-state index in [-0.39, 0.29) is 11.9 Å². The fraction of sp³-hybridized carbons (Fsp3) is 0.385. The number of hydrogen-bond donors (Lipinski definition) is 1. The lowest BCUT2D eigenvalue weighted by atomic mass is 10.1. The Morgan fingerprint density at radius 2 is 2.32 bits per heavy atom. The minimum atomic E-state index is 0.0203. The van der Waals surface area contributed by atoms with Gasteiger partial charge >= 0.3 is 0 Å². The molecular formula is C13H15BN4O. The third-order valence-corrected chi connectivity index (χ3v) is 4.36. The van der Waals surface area contributed by atoms with E-state index in [0.29, 0.717) is 5.92 Å². The first-order valence-electron chi connectivity index (χ1n) is 6.71. The van der Waals surface area contributed by atoms with E-state index in [2.05, 4.69) is 10.4 Å². The summed E-state index contributed by atoms with van der Waals surface area (Å²) in [6.45, 7) is 1.79. The van der Waals surface area contributed by atoms with Crippen LogP contribution in [0.15, 0.2) is 24.4 Å². The van der Waals surface area contributed by atoms with Crippen molar-refractivity contribution >= 4 is 30.5 Å². The summed E-state index contributed by atoms with van der Waals surface area (Å²) in [6, 6.07) is 6.06. The Labute approximate surface area is 112 Å². The largest absolute Gasteiger partial charge is 0.319 e. The molecule has 1 aromatic heterocycles. The highest BCUT2D eigenvalue weighted by atomic mass is 16.2. The average molecular weight is 254 g/mol. The SMILES string of the molecule is Bn1ncc2c(N3C[C@H]4CCN[C@H]4C3=O)cccc21. The van der Waals surface area contributed by atoms with Gasteiger partial charge in [0.25, 0.3) is 0 Å². The van der Waals surface area contributed by atoms with Gasteiger partial charge < -0.3 is 14.8 Å². The summed E-state index contributed by atoms with van der Waals surface area (Å²) in [5, 5.41) is 8.65. The van der Waals surface area contributed by atoms with Crippen LogP contribution in [0.2, 0.25) is 0 Å². The molecule has 5 nitrogen and oxygen atoms in total. The van der Waals surface area contributed by atoms with Gasteiger partial charge in [0.2, 0.25) is 13.9 Å². The predicted molar refractivity (Wildman–Crippen MR) is 75.9 cm³/mol. The molecule has 1 aromatic carbocycles. The lowest BCUT2D eigenvalue weighted by Crippen LogP contribution is -2.36. The average Bonchev–Trinajstić information content (AvgIpc) is 3.08. The second kappa shape index (κ2) is 3.84. The fourth-order valence-corrected chi connectivity index (χ4v) is 3.35. The molecule has 0 saturated carbocycles. The molecule has 2 aromatic rings. The molecule has 2 aliphatic heterocycles. The van der Waals surface area contributed by atoms with E-state index in [1.807, 2.05) is 41.9 Å². The van der Waals surface area contributed by atoms with E-state index in [1.54, 1.807) is 0 Å². The first-order chi connectivity index (χ1) is 9.25. The molecule has 2 aliphatic rings. The Bertz CT molecular complexity index is 668. The van der Waals surface area contributed by atoms with Gasteiger partial charge in [-0.15, -0.1) is 0 Å². The van der Waals surface area contributed by atoms with Crippen LogP contribution in [-0.4, -0.2) is 42.7 Å². The number of anilines is 1. The highest BCUT2D eigenvalue weighted by Crippen LogP contribution is 2.34. The number of rotatable bonds is 1. The molecule has 0 aliphatic carbocycles. The first kappa shape index (κ1) is 11.0. The zero-order valence-electron chi connectivity index (χ0n) is 10.8. The number of carbonyl (C=O) groups excluding carboxylic acids is 1. The summed E-state index contributed by atoms with van der Waals surface area (Å²) < 4.78 is 1.85. The summed E-state index contributed by atoms with van der Waals surface area (Å²) in [6.07, 6.45) is 2.94. The third-order valence-electron chi connectivity index (χ3n) is 4.36. The second-order valence-electron chi connectivity index (χ2n) is 5.41. The maximum atomic E-state index is 12.5. The molecule has 2 fully saturated rings. The van der Waals surface area contributed by atoms with Crippen molar-refractivity contribution < 1.29 is 4.79 Å². The minimum Gasteiger partial charge on any atom is -0.319 e. The minimum absolute atomic E-state index is 0.0203. The number of nitrogens with zero attached hydrogens (tertiary/aromatic N) is 3. The van der Waals surface area contributed by atoms with Crippen LogP contribution in [0.25, 0.3) is 10.9 Å². The van der Waals surface area contributed by atoms with Gasteiger partial charge in [0.15, 0.2) is 0 Å². The lowest BCUT2D eigenvalue weighted by molar-refractivity contribution is -0.118. The number of amides is 1. The number of benzene rings is 1. The molecule has 2 atom stereocenters. The molecule has 1 amide bonds. The monoisotopic (exact) mass is 254 g/mol. The molecule has 0 spiro atoms. The standard InChI is InChI=1S/C13H15BN4O/c14-18-11-3-1-2-10(9(11)6-16-18)17-7-8-4-5-15-12(8)13(17)19/h1-3,6,8,12,15H,4-5,7,14H2/t8-,12-/m1/s1. The lowest BCUT2D eigenvalue weighted by Gasteiger charge is -2.18. The van der Waals surface area contributed by atoms with E-state index in [0.717, 1.165) is 36.1 Å². The van der Waals surface area contributed by atoms with Crippen molar-refractivity contribution in [3.63, 3.8) is 0 Å². The molecule has 1 N–H and O–H groups in total. The Kier molecular flexibility index (Phi) is 2.23. The van der Waals surface area contributed by atoms with Gasteiger partial charge in [-0.25, -0.2) is 0 Å². The number of carbonyl (C=O) groups is 1. The molecule has 4 rings (SSSR count). The third kappa shape index (κ3) is 1.46. The fourth-order valence-electron chi connectivity index (χ4n) is 3.35. The van der Waals surface area contributed by atoms with E-state index in [9.17, 15) is 4.79 Å². The number of fused-ring (bicyclic) bond motifs is 2. The van der Waals surface area contributed by atoms with Crippen molar-refractivity contribution in [2.75, 3.05) is 18.0 Å². The normalized spacial score (nSPS) is 26.3. The molecule has 6 heteroatoms. The molecule has 0 unspecified atom stereocenters. The zero-order valence-corrected chi connectivity index (χ0v) is 10.8. The van der Waals surface area contributed by atoms with Crippen molar-refractivity contribution in [3.8, 4) is 0 Å². The predicted octanol–water partition coefficient (Wildman–Crippen LogP) is -0.243. The Hall–Kier alpha value is -1.82. The van der Waals surface area contributed by atoms with Crippen LogP contribution in [0.3, 0.4) is 0 Å². The summed E-state index contributed by atoms with van der Waals surface area (Å²) in [4.78, 5) is 14.4. The summed E-state index contributed by atoms with van der Waals surface area (Å²) in [5.74, 6) is 0.665. The van der Waals surface area contributed by atoms with Gasteiger partial charge in [0.1, 0.15) is 0 Å². The molecule has 96 valence electrons. The van der Waals surface area contributed by atoms with E-state index in [4.69, 9.17) is 0 Å². The van der Waals surface area contributed by atoms with E-state index < -0.39 is 0 Å². The van der Waals surface area contributed by atoms with Gasteiger partial charge in [-0.05, 0) is 25.1 Å². The zero-order chi connectivity index (χ0) is 13.0. The quantitative estimate of drug-likeness (QED) is 0.714. The van der Waals surface area contributed by atoms with Gasteiger partial charge in [0.05, 0.1) is 23.4 Å². The topological polar surface area (TPSA) is 50.2 Å². The van der Waals surface area contributed by atoms with Crippen LogP contribution in [0, 0.1) is 5.92 Å². The highest BCUT2D eigenvalue weighted by Gasteiger charge is 2.43. The maximum Gasteiger partial charge on any atom is 0.249 e. The molecule has 3 heterocycles. The Balaban J connectivity index is 1.81. The second-order valence-corrected chi connectivity index (χ2v) is 5.41. The van der Waals surface area contributed by atoms with Crippen LogP contribution >= 0.6 is 0 Å². The number of nitrogens with one attached hydrogen (secondary N) is 1. The van der Waals surface area contributed by atoms with E-state index >= 15 is 0 Å². The molecule has 0 radical (unpaired) electrons. The van der Waals surface area contributed by atoms with Crippen LogP contribution in [-0.2, 0) is 4.79 Å². The summed E-state index contributed by atoms with van der Waals surface area (Å²) in [7, 11) is 1.92. The van der Waals surface area contributed by atoms with Crippen molar-refractivity contribution in [2.24, 2.45) is 5.92 Å². The molecule has 0 bridgehead atoms. The van der Waals surface area contributed by atoms with Gasteiger partial charge in [0, 0.05) is 17.8 Å². The number of hydrogen-bond acceptors (Lipinski definition) is 3. The molecule has 2 saturated heterocycles.